The Morgan fingerprint density at radius 3 is 2.27 bits per heavy atom. The van der Waals surface area contributed by atoms with Crippen LogP contribution >= 0.6 is 0 Å². The van der Waals surface area contributed by atoms with Crippen LogP contribution in [0.1, 0.15) is 21.6 Å². The maximum absolute atomic E-state index is 13.6. The molecule has 0 spiro atoms. The van der Waals surface area contributed by atoms with Crippen LogP contribution in [0.15, 0.2) is 77.6 Å². The molecule has 1 aromatic heterocycles. The summed E-state index contributed by atoms with van der Waals surface area (Å²) in [6.45, 7) is 3.43. The summed E-state index contributed by atoms with van der Waals surface area (Å²) in [6, 6.07) is 19.8. The van der Waals surface area contributed by atoms with E-state index in [1.54, 1.807) is 50.4 Å². The van der Waals surface area contributed by atoms with Crippen molar-refractivity contribution < 1.29 is 13.9 Å². The fourth-order valence-electron chi connectivity index (χ4n) is 3.55. The number of nitrogens with one attached hydrogen (secondary N) is 1. The number of hydrogen-bond donors (Lipinski definition) is 1. The van der Waals surface area contributed by atoms with Gasteiger partial charge in [0.1, 0.15) is 23.1 Å². The van der Waals surface area contributed by atoms with Crippen LogP contribution in [0.25, 0.3) is 16.8 Å². The second-order valence-corrected chi connectivity index (χ2v) is 7.52. The topological polar surface area (TPSA) is 73.2 Å². The molecule has 0 saturated carbocycles. The third kappa shape index (κ3) is 4.39. The minimum absolute atomic E-state index is 0.190. The van der Waals surface area contributed by atoms with Crippen molar-refractivity contribution in [2.75, 3.05) is 12.4 Å². The Balaban J connectivity index is 1.96. The predicted octanol–water partition coefficient (Wildman–Crippen LogP) is 4.92. The summed E-state index contributed by atoms with van der Waals surface area (Å²) in [5.41, 5.74) is 2.53. The summed E-state index contributed by atoms with van der Waals surface area (Å²) >= 11 is 0. The minimum Gasteiger partial charge on any atom is -0.497 e. The number of methoxy groups -OCH3 is 1. The van der Waals surface area contributed by atoms with E-state index in [4.69, 9.17) is 4.74 Å². The summed E-state index contributed by atoms with van der Waals surface area (Å²) in [7, 11) is 1.56. The molecule has 3 aromatic carbocycles. The van der Waals surface area contributed by atoms with Gasteiger partial charge in [0.05, 0.1) is 18.4 Å². The molecule has 0 radical (unpaired) electrons. The fourth-order valence-corrected chi connectivity index (χ4v) is 3.55. The van der Waals surface area contributed by atoms with E-state index in [2.05, 4.69) is 10.4 Å². The largest absolute Gasteiger partial charge is 0.497 e. The summed E-state index contributed by atoms with van der Waals surface area (Å²) in [5, 5.41) is 7.28. The van der Waals surface area contributed by atoms with Crippen LogP contribution in [0.4, 0.5) is 10.2 Å². The van der Waals surface area contributed by atoms with Gasteiger partial charge in [-0.15, -0.1) is 0 Å². The Morgan fingerprint density at radius 1 is 0.970 bits per heavy atom. The van der Waals surface area contributed by atoms with Crippen molar-refractivity contribution in [3.63, 3.8) is 0 Å². The SMILES string of the molecule is COc1ccc(-c2c(NC(=O)c3ccccc3C)n(-c3ccc(F)cc3)nc(C)c2=O)cc1. The lowest BCUT2D eigenvalue weighted by molar-refractivity contribution is 0.102. The number of amides is 1. The number of aryl methyl sites for hydroxylation is 2. The van der Waals surface area contributed by atoms with Gasteiger partial charge in [-0.3, -0.25) is 9.59 Å². The van der Waals surface area contributed by atoms with E-state index in [9.17, 15) is 14.0 Å². The molecule has 166 valence electrons. The summed E-state index contributed by atoms with van der Waals surface area (Å²) in [6.07, 6.45) is 0. The number of nitrogens with zero attached hydrogens (tertiary/aromatic N) is 2. The number of rotatable bonds is 5. The molecular weight excluding hydrogens is 421 g/mol. The molecule has 0 bridgehead atoms. The second kappa shape index (κ2) is 9.08. The quantitative estimate of drug-likeness (QED) is 0.475. The van der Waals surface area contributed by atoms with Gasteiger partial charge in [-0.1, -0.05) is 30.3 Å². The molecule has 4 aromatic rings. The highest BCUT2D eigenvalue weighted by Gasteiger charge is 2.21. The van der Waals surface area contributed by atoms with Crippen LogP contribution in [0.3, 0.4) is 0 Å². The second-order valence-electron chi connectivity index (χ2n) is 7.52. The van der Waals surface area contributed by atoms with E-state index in [0.717, 1.165) is 5.56 Å². The zero-order valence-corrected chi connectivity index (χ0v) is 18.4. The fraction of sp³-hybridized carbons (Fsp3) is 0.115. The van der Waals surface area contributed by atoms with Crippen LogP contribution in [-0.2, 0) is 0 Å². The van der Waals surface area contributed by atoms with E-state index >= 15 is 0 Å². The van der Waals surface area contributed by atoms with Crippen molar-refractivity contribution in [2.24, 2.45) is 0 Å². The van der Waals surface area contributed by atoms with Gasteiger partial charge >= 0.3 is 0 Å². The third-order valence-corrected chi connectivity index (χ3v) is 5.33. The van der Waals surface area contributed by atoms with Crippen LogP contribution in [0.5, 0.6) is 5.75 Å². The van der Waals surface area contributed by atoms with Crippen molar-refractivity contribution in [1.29, 1.82) is 0 Å². The highest BCUT2D eigenvalue weighted by molar-refractivity contribution is 6.06. The molecule has 1 amide bonds. The summed E-state index contributed by atoms with van der Waals surface area (Å²) < 4.78 is 20.3. The van der Waals surface area contributed by atoms with Gasteiger partial charge < -0.3 is 10.1 Å². The first-order chi connectivity index (χ1) is 15.9. The standard InChI is InChI=1S/C26H22FN3O3/c1-16-6-4-5-7-22(16)26(32)28-25-23(18-8-14-21(33-3)15-9-18)24(31)17(2)29-30(25)20-12-10-19(27)11-13-20/h4-15H,1-3H3,(H,28,32). The van der Waals surface area contributed by atoms with Crippen LogP contribution in [0.2, 0.25) is 0 Å². The molecule has 0 saturated heterocycles. The number of anilines is 1. The first kappa shape index (κ1) is 22.0. The minimum atomic E-state index is -0.405. The van der Waals surface area contributed by atoms with E-state index < -0.39 is 5.82 Å². The molecule has 0 aliphatic rings. The zero-order valence-electron chi connectivity index (χ0n) is 18.4. The molecule has 0 atom stereocenters. The Kier molecular flexibility index (Phi) is 6.04. The van der Waals surface area contributed by atoms with Crippen LogP contribution < -0.4 is 15.5 Å². The molecule has 0 aliphatic carbocycles. The molecule has 1 N–H and O–H groups in total. The van der Waals surface area contributed by atoms with Gasteiger partial charge in [0.15, 0.2) is 0 Å². The number of hydrogen-bond acceptors (Lipinski definition) is 4. The molecule has 7 heteroatoms. The Bertz CT molecular complexity index is 1380. The number of halogens is 1. The average Bonchev–Trinajstić information content (AvgIpc) is 2.82. The lowest BCUT2D eigenvalue weighted by Gasteiger charge is -2.19. The van der Waals surface area contributed by atoms with E-state index in [-0.39, 0.29) is 28.4 Å². The molecule has 4 rings (SSSR count). The van der Waals surface area contributed by atoms with Crippen LogP contribution in [-0.4, -0.2) is 22.8 Å². The zero-order chi connectivity index (χ0) is 23.5. The number of aromatic nitrogens is 2. The molecule has 33 heavy (non-hydrogen) atoms. The van der Waals surface area contributed by atoms with Gasteiger partial charge in [0, 0.05) is 5.56 Å². The van der Waals surface area contributed by atoms with Gasteiger partial charge in [0.2, 0.25) is 5.43 Å². The highest BCUT2D eigenvalue weighted by Crippen LogP contribution is 2.29. The molecule has 1 heterocycles. The van der Waals surface area contributed by atoms with Crippen molar-refractivity contribution in [3.05, 3.63) is 106 Å². The Morgan fingerprint density at radius 2 is 1.64 bits per heavy atom. The van der Waals surface area contributed by atoms with Gasteiger partial charge in [-0.2, -0.15) is 5.10 Å². The van der Waals surface area contributed by atoms with Crippen LogP contribution in [0, 0.1) is 19.7 Å². The smallest absolute Gasteiger partial charge is 0.257 e. The monoisotopic (exact) mass is 443 g/mol. The van der Waals surface area contributed by atoms with E-state index in [1.165, 1.54) is 28.9 Å². The lowest BCUT2D eigenvalue weighted by atomic mass is 10.0. The number of carbonyl (C=O) groups is 1. The molecular formula is C26H22FN3O3. The van der Waals surface area contributed by atoms with E-state index in [1.807, 2.05) is 19.1 Å². The van der Waals surface area contributed by atoms with Crippen molar-refractivity contribution in [1.82, 2.24) is 9.78 Å². The van der Waals surface area contributed by atoms with E-state index in [0.29, 0.717) is 22.6 Å². The Hall–Kier alpha value is -4.26. The molecule has 6 nitrogen and oxygen atoms in total. The normalized spacial score (nSPS) is 10.7. The summed E-state index contributed by atoms with van der Waals surface area (Å²) in [4.78, 5) is 26.5. The number of benzene rings is 3. The summed E-state index contributed by atoms with van der Waals surface area (Å²) in [5.74, 6) is 0.0330. The lowest BCUT2D eigenvalue weighted by Crippen LogP contribution is -2.25. The van der Waals surface area contributed by atoms with Gasteiger partial charge in [-0.05, 0) is 67.4 Å². The van der Waals surface area contributed by atoms with Crippen molar-refractivity contribution in [2.45, 2.75) is 13.8 Å². The highest BCUT2D eigenvalue weighted by atomic mass is 19.1. The first-order valence-corrected chi connectivity index (χ1v) is 10.3. The van der Waals surface area contributed by atoms with Crippen molar-refractivity contribution >= 4 is 11.7 Å². The molecule has 0 fully saturated rings. The number of carbonyl (C=O) groups excluding carboxylic acids is 1. The maximum Gasteiger partial charge on any atom is 0.257 e. The van der Waals surface area contributed by atoms with Gasteiger partial charge in [-0.25, -0.2) is 9.07 Å². The third-order valence-electron chi connectivity index (χ3n) is 5.33. The predicted molar refractivity (Wildman–Crippen MR) is 126 cm³/mol. The molecule has 0 aliphatic heterocycles. The van der Waals surface area contributed by atoms with Gasteiger partial charge in [0.25, 0.3) is 5.91 Å². The number of ether oxygens (including phenoxy) is 1. The Labute approximate surface area is 190 Å². The average molecular weight is 443 g/mol. The maximum atomic E-state index is 13.6. The first-order valence-electron chi connectivity index (χ1n) is 10.3. The van der Waals surface area contributed by atoms with Crippen molar-refractivity contribution in [3.8, 4) is 22.6 Å². The molecule has 0 unspecified atom stereocenters.